The minimum Gasteiger partial charge on any atom is -0.311 e. The minimum absolute atomic E-state index is 0.868. The summed E-state index contributed by atoms with van der Waals surface area (Å²) in [5.74, 6) is 0. The molecule has 1 aromatic heterocycles. The molecule has 0 unspecified atom stereocenters. The summed E-state index contributed by atoms with van der Waals surface area (Å²) in [7, 11) is 6.42. The normalized spacial score (nSPS) is 11.7. The molecule has 5 heteroatoms. The second-order valence-electron chi connectivity index (χ2n) is 4.84. The van der Waals surface area contributed by atoms with Gasteiger partial charge in [-0.2, -0.15) is 0 Å². The minimum atomic E-state index is 0.868. The Kier molecular flexibility index (Phi) is 7.86. The van der Waals surface area contributed by atoms with Gasteiger partial charge in [0, 0.05) is 24.5 Å². The van der Waals surface area contributed by atoms with Crippen LogP contribution in [-0.4, -0.2) is 57.1 Å². The molecule has 104 valence electrons. The fraction of sp³-hybridized carbons (Fsp3) is 0.692. The van der Waals surface area contributed by atoms with Crippen LogP contribution in [0, 0.1) is 0 Å². The maximum atomic E-state index is 5.88. The molecule has 0 aliphatic heterocycles. The molecular formula is C13H24ClN3S. The van der Waals surface area contributed by atoms with Crippen molar-refractivity contribution in [3.63, 3.8) is 0 Å². The van der Waals surface area contributed by atoms with E-state index in [-0.39, 0.29) is 0 Å². The third-order valence-corrected chi connectivity index (χ3v) is 3.97. The van der Waals surface area contributed by atoms with Crippen molar-refractivity contribution >= 4 is 22.9 Å². The highest BCUT2D eigenvalue weighted by Gasteiger charge is 2.00. The van der Waals surface area contributed by atoms with Crippen molar-refractivity contribution in [1.29, 1.82) is 0 Å². The molecule has 0 fully saturated rings. The molecule has 0 atom stereocenters. The van der Waals surface area contributed by atoms with E-state index in [1.807, 2.05) is 6.07 Å². The lowest BCUT2D eigenvalue weighted by Gasteiger charge is -2.18. The number of rotatable bonds is 9. The van der Waals surface area contributed by atoms with Crippen molar-refractivity contribution in [2.24, 2.45) is 0 Å². The van der Waals surface area contributed by atoms with E-state index in [1.165, 1.54) is 11.3 Å². The number of nitrogens with one attached hydrogen (secondary N) is 1. The maximum absolute atomic E-state index is 5.88. The number of thiophene rings is 1. The van der Waals surface area contributed by atoms with Crippen molar-refractivity contribution in [3.05, 3.63) is 21.3 Å². The summed E-state index contributed by atoms with van der Waals surface area (Å²) in [6.07, 6.45) is 1.23. The lowest BCUT2D eigenvalue weighted by molar-refractivity contribution is 0.299. The second-order valence-corrected chi connectivity index (χ2v) is 6.64. The fourth-order valence-electron chi connectivity index (χ4n) is 1.70. The highest BCUT2D eigenvalue weighted by molar-refractivity contribution is 7.16. The van der Waals surface area contributed by atoms with E-state index in [4.69, 9.17) is 11.6 Å². The Bertz CT molecular complexity index is 328. The first-order chi connectivity index (χ1) is 8.58. The Hall–Kier alpha value is -0.130. The van der Waals surface area contributed by atoms with Gasteiger partial charge in [0.15, 0.2) is 0 Å². The summed E-state index contributed by atoms with van der Waals surface area (Å²) in [6.45, 7) is 5.35. The second kappa shape index (κ2) is 8.88. The zero-order valence-electron chi connectivity index (χ0n) is 11.6. The van der Waals surface area contributed by atoms with Crippen molar-refractivity contribution in [2.75, 3.05) is 47.3 Å². The molecule has 0 aromatic carbocycles. The molecule has 0 aliphatic rings. The molecule has 18 heavy (non-hydrogen) atoms. The Morgan fingerprint density at radius 2 is 1.94 bits per heavy atom. The van der Waals surface area contributed by atoms with E-state index in [0.29, 0.717) is 0 Å². The molecule has 1 heterocycles. The van der Waals surface area contributed by atoms with E-state index >= 15 is 0 Å². The number of likely N-dealkylation sites (N-methyl/N-ethyl adjacent to an activating group) is 1. The highest BCUT2D eigenvalue weighted by Crippen LogP contribution is 2.20. The number of halogens is 1. The van der Waals surface area contributed by atoms with Crippen LogP contribution >= 0.6 is 22.9 Å². The third-order valence-electron chi connectivity index (χ3n) is 2.74. The summed E-state index contributed by atoms with van der Waals surface area (Å²) < 4.78 is 0.868. The standard InChI is InChI=1S/C13H24ClN3S/c1-16(2)8-4-9-17(3)10-7-15-11-12-5-6-13(14)18-12/h5-6,15H,4,7-11H2,1-3H3. The van der Waals surface area contributed by atoms with Crippen molar-refractivity contribution in [2.45, 2.75) is 13.0 Å². The first-order valence-electron chi connectivity index (χ1n) is 6.36. The Labute approximate surface area is 120 Å². The van der Waals surface area contributed by atoms with E-state index < -0.39 is 0 Å². The molecule has 0 bridgehead atoms. The smallest absolute Gasteiger partial charge is 0.0931 e. The van der Waals surface area contributed by atoms with Gasteiger partial charge in [-0.1, -0.05) is 11.6 Å². The lowest BCUT2D eigenvalue weighted by atomic mass is 10.3. The molecule has 0 aliphatic carbocycles. The third kappa shape index (κ3) is 7.34. The monoisotopic (exact) mass is 289 g/mol. The van der Waals surface area contributed by atoms with Gasteiger partial charge in [0.2, 0.25) is 0 Å². The van der Waals surface area contributed by atoms with E-state index in [9.17, 15) is 0 Å². The molecule has 0 saturated carbocycles. The molecule has 0 saturated heterocycles. The van der Waals surface area contributed by atoms with Gasteiger partial charge in [0.1, 0.15) is 0 Å². The van der Waals surface area contributed by atoms with Crippen LogP contribution in [0.2, 0.25) is 4.34 Å². The number of hydrogen-bond acceptors (Lipinski definition) is 4. The highest BCUT2D eigenvalue weighted by atomic mass is 35.5. The lowest BCUT2D eigenvalue weighted by Crippen LogP contribution is -2.30. The molecule has 0 spiro atoms. The van der Waals surface area contributed by atoms with E-state index in [2.05, 4.69) is 42.3 Å². The van der Waals surface area contributed by atoms with Gasteiger partial charge in [-0.3, -0.25) is 0 Å². The van der Waals surface area contributed by atoms with Gasteiger partial charge < -0.3 is 15.1 Å². The van der Waals surface area contributed by atoms with Gasteiger partial charge in [-0.25, -0.2) is 0 Å². The number of hydrogen-bond donors (Lipinski definition) is 1. The van der Waals surface area contributed by atoms with Crippen LogP contribution in [0.5, 0.6) is 0 Å². The molecule has 0 amide bonds. The Morgan fingerprint density at radius 3 is 2.56 bits per heavy atom. The zero-order chi connectivity index (χ0) is 13.4. The average molecular weight is 290 g/mol. The largest absolute Gasteiger partial charge is 0.311 e. The molecule has 3 nitrogen and oxygen atoms in total. The maximum Gasteiger partial charge on any atom is 0.0931 e. The molecule has 1 N–H and O–H groups in total. The molecule has 1 aromatic rings. The van der Waals surface area contributed by atoms with Gasteiger partial charge in [-0.05, 0) is 52.8 Å². The van der Waals surface area contributed by atoms with Gasteiger partial charge in [-0.15, -0.1) is 11.3 Å². The number of nitrogens with zero attached hydrogens (tertiary/aromatic N) is 2. The van der Waals surface area contributed by atoms with E-state index in [1.54, 1.807) is 11.3 Å². The first-order valence-corrected chi connectivity index (χ1v) is 7.55. The van der Waals surface area contributed by atoms with E-state index in [0.717, 1.165) is 37.1 Å². The summed E-state index contributed by atoms with van der Waals surface area (Å²) in [5.41, 5.74) is 0. The van der Waals surface area contributed by atoms with Crippen LogP contribution in [0.25, 0.3) is 0 Å². The van der Waals surface area contributed by atoms with Gasteiger partial charge in [0.05, 0.1) is 4.34 Å². The molecule has 1 rings (SSSR count). The quantitative estimate of drug-likeness (QED) is 0.704. The summed E-state index contributed by atoms with van der Waals surface area (Å²) in [4.78, 5) is 5.90. The first kappa shape index (κ1) is 15.9. The van der Waals surface area contributed by atoms with Crippen molar-refractivity contribution in [1.82, 2.24) is 15.1 Å². The van der Waals surface area contributed by atoms with Crippen molar-refractivity contribution in [3.8, 4) is 0 Å². The van der Waals surface area contributed by atoms with Crippen LogP contribution in [0.4, 0.5) is 0 Å². The van der Waals surface area contributed by atoms with Gasteiger partial charge in [0.25, 0.3) is 0 Å². The summed E-state index contributed by atoms with van der Waals surface area (Å²) >= 11 is 7.53. The SMILES string of the molecule is CN(C)CCCN(C)CCNCc1ccc(Cl)s1. The predicted molar refractivity (Wildman–Crippen MR) is 81.7 cm³/mol. The zero-order valence-corrected chi connectivity index (χ0v) is 13.2. The van der Waals surface area contributed by atoms with Crippen LogP contribution in [0.1, 0.15) is 11.3 Å². The van der Waals surface area contributed by atoms with Gasteiger partial charge >= 0.3 is 0 Å². The van der Waals surface area contributed by atoms with Crippen LogP contribution < -0.4 is 5.32 Å². The predicted octanol–water partition coefficient (Wildman–Crippen LogP) is 2.37. The Balaban J connectivity index is 2.00. The topological polar surface area (TPSA) is 18.5 Å². The van der Waals surface area contributed by atoms with Crippen LogP contribution in [0.15, 0.2) is 12.1 Å². The summed E-state index contributed by atoms with van der Waals surface area (Å²) in [6, 6.07) is 4.04. The summed E-state index contributed by atoms with van der Waals surface area (Å²) in [5, 5.41) is 3.44. The average Bonchev–Trinajstić information content (AvgIpc) is 2.70. The Morgan fingerprint density at radius 1 is 1.17 bits per heavy atom. The van der Waals surface area contributed by atoms with Crippen LogP contribution in [0.3, 0.4) is 0 Å². The fourth-order valence-corrected chi connectivity index (χ4v) is 2.75. The molecule has 0 radical (unpaired) electrons. The van der Waals surface area contributed by atoms with Crippen molar-refractivity contribution < 1.29 is 0 Å². The molecular weight excluding hydrogens is 266 g/mol. The van der Waals surface area contributed by atoms with Crippen LogP contribution in [-0.2, 0) is 6.54 Å².